The van der Waals surface area contributed by atoms with E-state index in [1.807, 2.05) is 66.7 Å². The molecule has 0 aliphatic carbocycles. The highest BCUT2D eigenvalue weighted by Gasteiger charge is 2.30. The van der Waals surface area contributed by atoms with Gasteiger partial charge in [0, 0.05) is 25.1 Å². The van der Waals surface area contributed by atoms with Crippen LogP contribution in [0.3, 0.4) is 0 Å². The summed E-state index contributed by atoms with van der Waals surface area (Å²) in [5.41, 5.74) is 15.8. The van der Waals surface area contributed by atoms with Crippen molar-refractivity contribution >= 4 is 38.4 Å². The lowest BCUT2D eigenvalue weighted by atomic mass is 9.98. The van der Waals surface area contributed by atoms with Crippen LogP contribution >= 0.6 is 0 Å². The molecule has 5 aromatic rings. The number of benzene rings is 5. The Morgan fingerprint density at radius 2 is 1.35 bits per heavy atom. The van der Waals surface area contributed by atoms with Gasteiger partial charge in [0.2, 0.25) is 21.8 Å². The Morgan fingerprint density at radius 3 is 2.08 bits per heavy atom. The highest BCUT2D eigenvalue weighted by molar-refractivity contribution is 7.88. The summed E-state index contributed by atoms with van der Waals surface area (Å²) in [5.74, 6) is -1.45. The number of carbonyl (C=O) groups is 2. The number of hydrogen-bond acceptors (Lipinski definition) is 6. The molecule has 5 rings (SSSR count). The smallest absolute Gasteiger partial charge is 0.243 e. The highest BCUT2D eigenvalue weighted by atomic mass is 32.2. The van der Waals surface area contributed by atoms with Gasteiger partial charge in [-0.05, 0) is 45.0 Å². The van der Waals surface area contributed by atoms with Crippen LogP contribution in [0.4, 0.5) is 0 Å². The third-order valence-electron chi connectivity index (χ3n) is 8.17. The number of amidine groups is 1. The lowest BCUT2D eigenvalue weighted by molar-refractivity contribution is -0.129. The third-order valence-corrected chi connectivity index (χ3v) is 9.53. The summed E-state index contributed by atoms with van der Waals surface area (Å²) in [5, 5.41) is 15.2. The number of fused-ring (bicyclic) bond motifs is 1. The topological polar surface area (TPSA) is 180 Å². The van der Waals surface area contributed by atoms with Crippen molar-refractivity contribution in [1.29, 1.82) is 5.41 Å². The molecule has 0 unspecified atom stereocenters. The van der Waals surface area contributed by atoms with Gasteiger partial charge in [0.25, 0.3) is 0 Å². The molecule has 252 valence electrons. The first-order valence-electron chi connectivity index (χ1n) is 15.9. The third kappa shape index (κ3) is 9.83. The predicted octanol–water partition coefficient (Wildman–Crippen LogP) is 3.66. The van der Waals surface area contributed by atoms with Crippen LogP contribution < -0.4 is 26.8 Å². The average Bonchev–Trinajstić information content (AvgIpc) is 3.10. The number of nitrogen functional groups attached to an aromatic ring is 1. The van der Waals surface area contributed by atoms with Gasteiger partial charge in [-0.15, -0.1) is 0 Å². The fourth-order valence-corrected chi connectivity index (χ4v) is 6.98. The number of nitrogens with one attached hydrogen (secondary N) is 4. The molecular formula is C38H40N6O4S. The summed E-state index contributed by atoms with van der Waals surface area (Å²) in [6.07, 6.45) is 0.202. The van der Waals surface area contributed by atoms with E-state index in [0.29, 0.717) is 17.7 Å². The van der Waals surface area contributed by atoms with Crippen molar-refractivity contribution in [3.8, 4) is 0 Å². The first-order valence-corrected chi connectivity index (χ1v) is 17.6. The van der Waals surface area contributed by atoms with Gasteiger partial charge in [-0.25, -0.2) is 13.1 Å². The largest absolute Gasteiger partial charge is 0.384 e. The number of amides is 2. The molecule has 0 radical (unpaired) electrons. The summed E-state index contributed by atoms with van der Waals surface area (Å²) in [4.78, 5) is 27.9. The van der Waals surface area contributed by atoms with Crippen LogP contribution in [0, 0.1) is 5.41 Å². The maximum Gasteiger partial charge on any atom is 0.243 e. The Morgan fingerprint density at radius 1 is 0.694 bits per heavy atom. The van der Waals surface area contributed by atoms with E-state index in [1.165, 1.54) is 0 Å². The van der Waals surface area contributed by atoms with E-state index in [-0.39, 0.29) is 31.0 Å². The molecule has 0 aromatic heterocycles. The number of sulfonamides is 1. The molecule has 49 heavy (non-hydrogen) atoms. The van der Waals surface area contributed by atoms with Gasteiger partial charge in [-0.3, -0.25) is 15.0 Å². The molecule has 8 N–H and O–H groups in total. The van der Waals surface area contributed by atoms with E-state index < -0.39 is 33.9 Å². The highest BCUT2D eigenvalue weighted by Crippen LogP contribution is 2.21. The minimum Gasteiger partial charge on any atom is -0.384 e. The molecule has 2 atom stereocenters. The average molecular weight is 677 g/mol. The van der Waals surface area contributed by atoms with Gasteiger partial charge >= 0.3 is 0 Å². The van der Waals surface area contributed by atoms with E-state index in [9.17, 15) is 18.0 Å². The van der Waals surface area contributed by atoms with Gasteiger partial charge in [-0.1, -0.05) is 121 Å². The van der Waals surface area contributed by atoms with Crippen molar-refractivity contribution in [2.75, 3.05) is 0 Å². The van der Waals surface area contributed by atoms with Gasteiger partial charge in [0.15, 0.2) is 0 Å². The lowest BCUT2D eigenvalue weighted by Crippen LogP contribution is -2.55. The first-order chi connectivity index (χ1) is 23.6. The molecule has 0 saturated carbocycles. The number of carbonyl (C=O) groups excluding carboxylic acids is 2. The second-order valence-corrected chi connectivity index (χ2v) is 13.6. The minimum atomic E-state index is -3.98. The quantitative estimate of drug-likeness (QED) is 0.0727. The SMILES string of the molecule is N=C(N)c1ccc(CNC(=O)[C@H](Cc2cccc(CN)c2)NC(=O)[C@@H](Cc2cccc3ccccc23)NS(=O)(=O)Cc2ccccc2)cc1. The molecule has 0 bridgehead atoms. The van der Waals surface area contributed by atoms with Crippen LogP contribution in [0.5, 0.6) is 0 Å². The Bertz CT molecular complexity index is 2030. The zero-order chi connectivity index (χ0) is 34.8. The van der Waals surface area contributed by atoms with Crippen molar-refractivity contribution < 1.29 is 18.0 Å². The molecule has 0 spiro atoms. The zero-order valence-corrected chi connectivity index (χ0v) is 27.7. The second-order valence-electron chi connectivity index (χ2n) is 11.9. The van der Waals surface area contributed by atoms with Crippen molar-refractivity contribution in [2.24, 2.45) is 11.5 Å². The Labute approximate surface area is 286 Å². The predicted molar refractivity (Wildman–Crippen MR) is 193 cm³/mol. The monoisotopic (exact) mass is 676 g/mol. The second kappa shape index (κ2) is 16.2. The summed E-state index contributed by atoms with van der Waals surface area (Å²) in [6, 6.07) is 34.2. The molecule has 0 fully saturated rings. The Kier molecular flexibility index (Phi) is 11.5. The molecule has 2 amide bonds. The summed E-state index contributed by atoms with van der Waals surface area (Å²) in [7, 11) is -3.98. The molecular weight excluding hydrogens is 637 g/mol. The van der Waals surface area contributed by atoms with Crippen LogP contribution in [-0.4, -0.2) is 38.2 Å². The molecule has 0 aliphatic rings. The number of rotatable bonds is 15. The van der Waals surface area contributed by atoms with Crippen LogP contribution in [-0.2, 0) is 51.3 Å². The molecule has 0 aliphatic heterocycles. The number of hydrogen-bond donors (Lipinski definition) is 6. The molecule has 0 heterocycles. The Hall–Kier alpha value is -5.36. The fraction of sp³-hybridized carbons (Fsp3) is 0.184. The van der Waals surface area contributed by atoms with E-state index in [1.54, 1.807) is 54.6 Å². The van der Waals surface area contributed by atoms with E-state index in [4.69, 9.17) is 16.9 Å². The van der Waals surface area contributed by atoms with Gasteiger partial charge < -0.3 is 22.1 Å². The molecule has 11 heteroatoms. The standard InChI is InChI=1S/C38H40N6O4S/c39-23-29-11-6-10-28(20-29)21-34(37(45)42-24-26-16-18-31(19-17-26)36(40)41)43-38(46)35(44-49(47,48)25-27-8-2-1-3-9-27)22-32-14-7-13-30-12-4-5-15-33(30)32/h1-20,34-35,44H,21-25,39H2,(H3,40,41)(H,42,45)(H,43,46)/t34-,35+/m0/s1. The van der Waals surface area contributed by atoms with Crippen molar-refractivity contribution in [3.05, 3.63) is 155 Å². The summed E-state index contributed by atoms with van der Waals surface area (Å²) in [6.45, 7) is 0.471. The van der Waals surface area contributed by atoms with Gasteiger partial charge in [0.05, 0.1) is 5.75 Å². The number of nitrogens with two attached hydrogens (primary N) is 2. The molecule has 10 nitrogen and oxygen atoms in total. The van der Waals surface area contributed by atoms with E-state index >= 15 is 0 Å². The summed E-state index contributed by atoms with van der Waals surface area (Å²) >= 11 is 0. The van der Waals surface area contributed by atoms with Crippen molar-refractivity contribution in [2.45, 2.75) is 43.8 Å². The lowest BCUT2D eigenvalue weighted by Gasteiger charge is -2.24. The van der Waals surface area contributed by atoms with Crippen molar-refractivity contribution in [1.82, 2.24) is 15.4 Å². The normalized spacial score (nSPS) is 12.6. The van der Waals surface area contributed by atoms with Crippen molar-refractivity contribution in [3.63, 3.8) is 0 Å². The minimum absolute atomic E-state index is 0.0563. The fourth-order valence-electron chi connectivity index (χ4n) is 5.65. The zero-order valence-electron chi connectivity index (χ0n) is 26.9. The maximum atomic E-state index is 14.1. The van der Waals surface area contributed by atoms with E-state index in [2.05, 4.69) is 15.4 Å². The van der Waals surface area contributed by atoms with Crippen LogP contribution in [0.2, 0.25) is 0 Å². The molecule has 5 aromatic carbocycles. The Balaban J connectivity index is 1.42. The van der Waals surface area contributed by atoms with E-state index in [0.717, 1.165) is 33.0 Å². The van der Waals surface area contributed by atoms with Crippen LogP contribution in [0.25, 0.3) is 10.8 Å². The van der Waals surface area contributed by atoms with Crippen LogP contribution in [0.1, 0.15) is 33.4 Å². The summed E-state index contributed by atoms with van der Waals surface area (Å²) < 4.78 is 29.6. The van der Waals surface area contributed by atoms with Gasteiger partial charge in [0.1, 0.15) is 17.9 Å². The molecule has 0 saturated heterocycles. The maximum absolute atomic E-state index is 14.1. The van der Waals surface area contributed by atoms with Crippen LogP contribution in [0.15, 0.2) is 121 Å². The van der Waals surface area contributed by atoms with Gasteiger partial charge in [-0.2, -0.15) is 0 Å². The first kappa shape index (κ1) is 35.0.